The van der Waals surface area contributed by atoms with Gasteiger partial charge in [0.15, 0.2) is 0 Å². The lowest BCUT2D eigenvalue weighted by molar-refractivity contribution is 0.262. The Morgan fingerprint density at radius 2 is 2.44 bits per heavy atom. The molecule has 0 spiro atoms. The topological polar surface area (TPSA) is 68.9 Å². The average molecular weight is 219 g/mol. The molecular formula is C12H17N3O. The molecular weight excluding hydrogens is 202 g/mol. The van der Waals surface area contributed by atoms with E-state index in [-0.39, 0.29) is 6.61 Å². The van der Waals surface area contributed by atoms with E-state index in [1.807, 2.05) is 12.1 Å². The van der Waals surface area contributed by atoms with Crippen molar-refractivity contribution in [3.63, 3.8) is 0 Å². The summed E-state index contributed by atoms with van der Waals surface area (Å²) in [7, 11) is 0. The number of rotatable bonds is 6. The second-order valence-electron chi connectivity index (χ2n) is 3.66. The lowest BCUT2D eigenvalue weighted by Crippen LogP contribution is -2.28. The van der Waals surface area contributed by atoms with E-state index in [4.69, 9.17) is 10.4 Å². The zero-order chi connectivity index (χ0) is 11.8. The maximum Gasteiger partial charge on any atom is 0.140 e. The van der Waals surface area contributed by atoms with Gasteiger partial charge in [0.05, 0.1) is 0 Å². The van der Waals surface area contributed by atoms with E-state index in [1.54, 1.807) is 12.3 Å². The van der Waals surface area contributed by atoms with Gasteiger partial charge in [-0.1, -0.05) is 6.92 Å². The van der Waals surface area contributed by atoms with Crippen molar-refractivity contribution in [1.29, 1.82) is 5.26 Å². The van der Waals surface area contributed by atoms with Crippen molar-refractivity contribution < 1.29 is 5.11 Å². The van der Waals surface area contributed by atoms with E-state index < -0.39 is 0 Å². The molecule has 0 aliphatic carbocycles. The van der Waals surface area contributed by atoms with E-state index in [1.165, 1.54) is 0 Å². The SMILES string of the molecule is CCC(CCO)NCc1ccnc(C#N)c1. The molecule has 0 bridgehead atoms. The molecule has 0 aliphatic heterocycles. The molecule has 1 aromatic rings. The number of aromatic nitrogens is 1. The summed E-state index contributed by atoms with van der Waals surface area (Å²) in [5.41, 5.74) is 1.48. The van der Waals surface area contributed by atoms with Crippen molar-refractivity contribution in [2.24, 2.45) is 0 Å². The Bertz CT molecular complexity index is 360. The van der Waals surface area contributed by atoms with Crippen LogP contribution < -0.4 is 5.32 Å². The Morgan fingerprint density at radius 3 is 3.06 bits per heavy atom. The highest BCUT2D eigenvalue weighted by atomic mass is 16.3. The fourth-order valence-electron chi connectivity index (χ4n) is 1.51. The van der Waals surface area contributed by atoms with Crippen LogP contribution in [0.2, 0.25) is 0 Å². The Hall–Kier alpha value is -1.44. The van der Waals surface area contributed by atoms with Crippen LogP contribution in [0.5, 0.6) is 0 Å². The maximum absolute atomic E-state index is 8.85. The highest BCUT2D eigenvalue weighted by Gasteiger charge is 2.04. The van der Waals surface area contributed by atoms with Crippen LogP contribution in [0.1, 0.15) is 31.0 Å². The van der Waals surface area contributed by atoms with E-state index in [2.05, 4.69) is 17.2 Å². The fourth-order valence-corrected chi connectivity index (χ4v) is 1.51. The summed E-state index contributed by atoms with van der Waals surface area (Å²) < 4.78 is 0. The molecule has 16 heavy (non-hydrogen) atoms. The quantitative estimate of drug-likeness (QED) is 0.754. The van der Waals surface area contributed by atoms with Gasteiger partial charge in [-0.25, -0.2) is 4.98 Å². The second kappa shape index (κ2) is 6.94. The van der Waals surface area contributed by atoms with Gasteiger partial charge >= 0.3 is 0 Å². The Kier molecular flexibility index (Phi) is 5.48. The zero-order valence-electron chi connectivity index (χ0n) is 9.48. The van der Waals surface area contributed by atoms with Crippen molar-refractivity contribution in [1.82, 2.24) is 10.3 Å². The molecule has 0 fully saturated rings. The van der Waals surface area contributed by atoms with Crippen LogP contribution in [-0.2, 0) is 6.54 Å². The number of aliphatic hydroxyl groups is 1. The molecule has 1 unspecified atom stereocenters. The summed E-state index contributed by atoms with van der Waals surface area (Å²) in [6, 6.07) is 6.00. The molecule has 1 aromatic heterocycles. The first-order valence-corrected chi connectivity index (χ1v) is 5.49. The van der Waals surface area contributed by atoms with E-state index in [0.717, 1.165) is 18.4 Å². The van der Waals surface area contributed by atoms with Gasteiger partial charge < -0.3 is 10.4 Å². The van der Waals surface area contributed by atoms with Crippen molar-refractivity contribution >= 4 is 0 Å². The van der Waals surface area contributed by atoms with E-state index >= 15 is 0 Å². The normalized spacial score (nSPS) is 12.1. The predicted octanol–water partition coefficient (Wildman–Crippen LogP) is 1.20. The molecule has 1 rings (SSSR count). The standard InChI is InChI=1S/C12H17N3O/c1-2-11(4-6-16)15-9-10-3-5-14-12(7-10)8-13/h3,5,7,11,15-16H,2,4,6,9H2,1H3. The van der Waals surface area contributed by atoms with Gasteiger partial charge in [-0.05, 0) is 30.5 Å². The summed E-state index contributed by atoms with van der Waals surface area (Å²) >= 11 is 0. The van der Waals surface area contributed by atoms with Gasteiger partial charge in [0.2, 0.25) is 0 Å². The molecule has 1 atom stereocenters. The van der Waals surface area contributed by atoms with Crippen LogP contribution in [0.4, 0.5) is 0 Å². The highest BCUT2D eigenvalue weighted by molar-refractivity contribution is 5.25. The first kappa shape index (κ1) is 12.6. The van der Waals surface area contributed by atoms with E-state index in [9.17, 15) is 0 Å². The number of nitriles is 1. The molecule has 1 heterocycles. The molecule has 2 N–H and O–H groups in total. The van der Waals surface area contributed by atoms with Crippen molar-refractivity contribution in [3.8, 4) is 6.07 Å². The van der Waals surface area contributed by atoms with Crippen molar-refractivity contribution in [2.45, 2.75) is 32.4 Å². The molecule has 4 nitrogen and oxygen atoms in total. The van der Waals surface area contributed by atoms with Gasteiger partial charge in [-0.3, -0.25) is 0 Å². The van der Waals surface area contributed by atoms with Gasteiger partial charge in [0.1, 0.15) is 11.8 Å². The number of hydrogen-bond acceptors (Lipinski definition) is 4. The van der Waals surface area contributed by atoms with Gasteiger partial charge in [-0.2, -0.15) is 5.26 Å². The van der Waals surface area contributed by atoms with Crippen LogP contribution in [0.15, 0.2) is 18.3 Å². The molecule has 4 heteroatoms. The third-order valence-electron chi connectivity index (χ3n) is 2.50. The predicted molar refractivity (Wildman–Crippen MR) is 61.6 cm³/mol. The Morgan fingerprint density at radius 1 is 1.62 bits per heavy atom. The minimum Gasteiger partial charge on any atom is -0.396 e. The van der Waals surface area contributed by atoms with Crippen molar-refractivity contribution in [3.05, 3.63) is 29.6 Å². The van der Waals surface area contributed by atoms with Crippen LogP contribution in [0.25, 0.3) is 0 Å². The summed E-state index contributed by atoms with van der Waals surface area (Å²) in [6.45, 7) is 2.99. The van der Waals surface area contributed by atoms with Crippen LogP contribution >= 0.6 is 0 Å². The first-order chi connectivity index (χ1) is 7.80. The highest BCUT2D eigenvalue weighted by Crippen LogP contribution is 2.03. The Labute approximate surface area is 95.9 Å². The number of aliphatic hydroxyl groups excluding tert-OH is 1. The number of pyridine rings is 1. The zero-order valence-corrected chi connectivity index (χ0v) is 9.48. The maximum atomic E-state index is 8.85. The second-order valence-corrected chi connectivity index (χ2v) is 3.66. The molecule has 0 aromatic carbocycles. The van der Waals surface area contributed by atoms with Crippen LogP contribution in [-0.4, -0.2) is 22.7 Å². The largest absolute Gasteiger partial charge is 0.396 e. The van der Waals surface area contributed by atoms with Crippen molar-refractivity contribution in [2.75, 3.05) is 6.61 Å². The summed E-state index contributed by atoms with van der Waals surface area (Å²) in [5.74, 6) is 0. The third-order valence-corrected chi connectivity index (χ3v) is 2.50. The first-order valence-electron chi connectivity index (χ1n) is 5.49. The van der Waals surface area contributed by atoms with Gasteiger partial charge in [0, 0.05) is 25.4 Å². The fraction of sp³-hybridized carbons (Fsp3) is 0.500. The van der Waals surface area contributed by atoms with E-state index in [0.29, 0.717) is 18.3 Å². The third kappa shape index (κ3) is 3.97. The lowest BCUT2D eigenvalue weighted by atomic mass is 10.1. The summed E-state index contributed by atoms with van der Waals surface area (Å²) in [5, 5.41) is 20.9. The number of hydrogen-bond donors (Lipinski definition) is 2. The molecule has 0 saturated carbocycles. The smallest absolute Gasteiger partial charge is 0.140 e. The molecule has 0 radical (unpaired) electrons. The number of nitrogens with zero attached hydrogens (tertiary/aromatic N) is 2. The van der Waals surface area contributed by atoms with Gasteiger partial charge in [-0.15, -0.1) is 0 Å². The molecule has 0 saturated heterocycles. The van der Waals surface area contributed by atoms with Gasteiger partial charge in [0.25, 0.3) is 0 Å². The van der Waals surface area contributed by atoms with Crippen LogP contribution in [0.3, 0.4) is 0 Å². The number of nitrogens with one attached hydrogen (secondary N) is 1. The molecule has 86 valence electrons. The average Bonchev–Trinajstić information content (AvgIpc) is 2.34. The summed E-state index contributed by atoms with van der Waals surface area (Å²) in [4.78, 5) is 3.91. The van der Waals surface area contributed by atoms with Crippen LogP contribution in [0, 0.1) is 11.3 Å². The minimum atomic E-state index is 0.200. The Balaban J connectivity index is 2.50. The lowest BCUT2D eigenvalue weighted by Gasteiger charge is -2.15. The molecule has 0 aliphatic rings. The minimum absolute atomic E-state index is 0.200. The monoisotopic (exact) mass is 219 g/mol. The summed E-state index contributed by atoms with van der Waals surface area (Å²) in [6.07, 6.45) is 3.38. The molecule has 0 amide bonds.